The van der Waals surface area contributed by atoms with Crippen molar-refractivity contribution in [3.63, 3.8) is 0 Å². The van der Waals surface area contributed by atoms with Gasteiger partial charge in [0.05, 0.1) is 11.5 Å². The molecule has 0 aliphatic carbocycles. The molecule has 0 bridgehead atoms. The second kappa shape index (κ2) is 8.54. The summed E-state index contributed by atoms with van der Waals surface area (Å²) in [5.41, 5.74) is 1.16. The van der Waals surface area contributed by atoms with Crippen molar-refractivity contribution < 1.29 is 14.3 Å². The van der Waals surface area contributed by atoms with E-state index < -0.39 is 0 Å². The number of fused-ring (bicyclic) bond motifs is 1. The fraction of sp³-hybridized carbons (Fsp3) is 0.500. The third-order valence-electron chi connectivity index (χ3n) is 4.76. The highest BCUT2D eigenvalue weighted by atomic mass is 32.1. The average molecular weight is 375 g/mol. The van der Waals surface area contributed by atoms with Crippen molar-refractivity contribution in [2.75, 3.05) is 19.7 Å². The van der Waals surface area contributed by atoms with Crippen LogP contribution in [0.25, 0.3) is 10.1 Å². The number of benzene rings is 1. The van der Waals surface area contributed by atoms with Crippen molar-refractivity contribution in [3.05, 3.63) is 34.7 Å². The Morgan fingerprint density at radius 3 is 2.65 bits per heavy atom. The highest BCUT2D eigenvalue weighted by Gasteiger charge is 2.26. The van der Waals surface area contributed by atoms with Gasteiger partial charge in [0.1, 0.15) is 0 Å². The standard InChI is InChI=1S/C20H26N2O3S/c1-3-7-16-15-8-5-6-9-17(15)26-18(16)19(23)21-14-10-12-22(13-11-14)20(24)25-4-2/h5-6,8-9,14H,3-4,7,10-13H2,1-2H3,(H,21,23). The van der Waals surface area contributed by atoms with E-state index in [1.165, 1.54) is 10.1 Å². The molecule has 140 valence electrons. The number of piperidine rings is 1. The van der Waals surface area contributed by atoms with E-state index in [-0.39, 0.29) is 18.0 Å². The Morgan fingerprint density at radius 1 is 1.23 bits per heavy atom. The molecule has 6 heteroatoms. The molecule has 1 N–H and O–H groups in total. The number of nitrogens with one attached hydrogen (secondary N) is 1. The number of amides is 2. The summed E-state index contributed by atoms with van der Waals surface area (Å²) in [6.45, 7) is 5.58. The van der Waals surface area contributed by atoms with Gasteiger partial charge >= 0.3 is 6.09 Å². The van der Waals surface area contributed by atoms with Gasteiger partial charge in [-0.1, -0.05) is 31.5 Å². The van der Waals surface area contributed by atoms with Gasteiger partial charge in [0.25, 0.3) is 5.91 Å². The Balaban J connectivity index is 1.67. The maximum absolute atomic E-state index is 12.9. The first-order valence-electron chi connectivity index (χ1n) is 9.37. The molecule has 1 aromatic carbocycles. The Hall–Kier alpha value is -2.08. The van der Waals surface area contributed by atoms with Gasteiger partial charge in [0, 0.05) is 23.8 Å². The quantitative estimate of drug-likeness (QED) is 0.853. The number of hydrogen-bond acceptors (Lipinski definition) is 4. The highest BCUT2D eigenvalue weighted by Crippen LogP contribution is 2.32. The second-order valence-corrected chi connectivity index (χ2v) is 7.64. The summed E-state index contributed by atoms with van der Waals surface area (Å²) >= 11 is 1.58. The second-order valence-electron chi connectivity index (χ2n) is 6.59. The first-order valence-corrected chi connectivity index (χ1v) is 10.2. The SMILES string of the molecule is CCCc1c(C(=O)NC2CCN(C(=O)OCC)CC2)sc2ccccc12. The van der Waals surface area contributed by atoms with E-state index in [9.17, 15) is 9.59 Å². The minimum absolute atomic E-state index is 0.0178. The molecule has 0 saturated carbocycles. The van der Waals surface area contributed by atoms with Gasteiger partial charge in [0.2, 0.25) is 0 Å². The summed E-state index contributed by atoms with van der Waals surface area (Å²) in [4.78, 5) is 27.2. The maximum atomic E-state index is 12.9. The smallest absolute Gasteiger partial charge is 0.409 e. The van der Waals surface area contributed by atoms with Crippen molar-refractivity contribution in [3.8, 4) is 0 Å². The van der Waals surface area contributed by atoms with Crippen LogP contribution in [-0.2, 0) is 11.2 Å². The van der Waals surface area contributed by atoms with Gasteiger partial charge in [-0.3, -0.25) is 4.79 Å². The van der Waals surface area contributed by atoms with E-state index in [0.29, 0.717) is 19.7 Å². The minimum Gasteiger partial charge on any atom is -0.450 e. The predicted octanol–water partition coefficient (Wildman–Crippen LogP) is 4.20. The van der Waals surface area contributed by atoms with Crippen molar-refractivity contribution in [1.29, 1.82) is 0 Å². The largest absolute Gasteiger partial charge is 0.450 e. The Bertz CT molecular complexity index is 778. The lowest BCUT2D eigenvalue weighted by Gasteiger charge is -2.31. The van der Waals surface area contributed by atoms with E-state index in [0.717, 1.165) is 36.1 Å². The lowest BCUT2D eigenvalue weighted by atomic mass is 10.0. The Labute approximate surface area is 158 Å². The molecule has 0 radical (unpaired) electrons. The molecule has 1 fully saturated rings. The molecule has 26 heavy (non-hydrogen) atoms. The molecule has 0 spiro atoms. The van der Waals surface area contributed by atoms with Gasteiger partial charge in [-0.25, -0.2) is 4.79 Å². The van der Waals surface area contributed by atoms with Crippen LogP contribution in [-0.4, -0.2) is 42.6 Å². The number of thiophene rings is 1. The number of likely N-dealkylation sites (tertiary alicyclic amines) is 1. The molecule has 1 aromatic heterocycles. The zero-order valence-corrected chi connectivity index (χ0v) is 16.2. The summed E-state index contributed by atoms with van der Waals surface area (Å²) in [6.07, 6.45) is 3.19. The van der Waals surface area contributed by atoms with Gasteiger partial charge in [-0.05, 0) is 43.2 Å². The molecule has 2 amide bonds. The number of nitrogens with zero attached hydrogens (tertiary/aromatic N) is 1. The molecule has 3 rings (SSSR count). The van der Waals surface area contributed by atoms with E-state index in [1.54, 1.807) is 16.2 Å². The molecule has 1 saturated heterocycles. The van der Waals surface area contributed by atoms with Crippen LogP contribution in [0.1, 0.15) is 48.3 Å². The Morgan fingerprint density at radius 2 is 1.96 bits per heavy atom. The molecular formula is C20H26N2O3S. The summed E-state index contributed by atoms with van der Waals surface area (Å²) in [7, 11) is 0. The van der Waals surface area contributed by atoms with Crippen LogP contribution in [0.2, 0.25) is 0 Å². The van der Waals surface area contributed by atoms with Gasteiger partial charge in [-0.2, -0.15) is 0 Å². The van der Waals surface area contributed by atoms with Crippen LogP contribution in [0.15, 0.2) is 24.3 Å². The Kier molecular flexibility index (Phi) is 6.14. The first-order chi connectivity index (χ1) is 12.6. The van der Waals surface area contributed by atoms with E-state index >= 15 is 0 Å². The summed E-state index contributed by atoms with van der Waals surface area (Å²) < 4.78 is 6.21. The van der Waals surface area contributed by atoms with E-state index in [2.05, 4.69) is 24.4 Å². The molecular weight excluding hydrogens is 348 g/mol. The van der Waals surface area contributed by atoms with Crippen molar-refractivity contribution in [1.82, 2.24) is 10.2 Å². The zero-order chi connectivity index (χ0) is 18.5. The third-order valence-corrected chi connectivity index (χ3v) is 5.97. The predicted molar refractivity (Wildman–Crippen MR) is 105 cm³/mol. The van der Waals surface area contributed by atoms with E-state index in [4.69, 9.17) is 4.74 Å². The van der Waals surface area contributed by atoms with Crippen LogP contribution >= 0.6 is 11.3 Å². The van der Waals surface area contributed by atoms with Crippen molar-refractivity contribution in [2.24, 2.45) is 0 Å². The lowest BCUT2D eigenvalue weighted by Crippen LogP contribution is -2.46. The number of carbonyl (C=O) groups excluding carboxylic acids is 2. The average Bonchev–Trinajstić information content (AvgIpc) is 3.02. The topological polar surface area (TPSA) is 58.6 Å². The zero-order valence-electron chi connectivity index (χ0n) is 15.4. The van der Waals surface area contributed by atoms with Gasteiger partial charge < -0.3 is 15.0 Å². The van der Waals surface area contributed by atoms with Crippen LogP contribution < -0.4 is 5.32 Å². The van der Waals surface area contributed by atoms with Gasteiger partial charge in [-0.15, -0.1) is 11.3 Å². The van der Waals surface area contributed by atoms with Crippen molar-refractivity contribution in [2.45, 2.75) is 45.6 Å². The fourth-order valence-corrected chi connectivity index (χ4v) is 4.61. The lowest BCUT2D eigenvalue weighted by molar-refractivity contribution is 0.0862. The van der Waals surface area contributed by atoms with Crippen LogP contribution in [0.5, 0.6) is 0 Å². The molecule has 2 heterocycles. The molecule has 5 nitrogen and oxygen atoms in total. The third kappa shape index (κ3) is 4.01. The van der Waals surface area contributed by atoms with Crippen LogP contribution in [0.3, 0.4) is 0 Å². The van der Waals surface area contributed by atoms with Gasteiger partial charge in [0.15, 0.2) is 0 Å². The minimum atomic E-state index is -0.257. The first kappa shape index (κ1) is 18.7. The van der Waals surface area contributed by atoms with Crippen LogP contribution in [0.4, 0.5) is 4.79 Å². The number of ether oxygens (including phenoxy) is 1. The number of hydrogen-bond donors (Lipinski definition) is 1. The molecule has 0 atom stereocenters. The number of aryl methyl sites for hydroxylation is 1. The van der Waals surface area contributed by atoms with Crippen LogP contribution in [0, 0.1) is 0 Å². The summed E-state index contributed by atoms with van der Waals surface area (Å²) in [6, 6.07) is 8.33. The normalized spacial score (nSPS) is 15.2. The summed E-state index contributed by atoms with van der Waals surface area (Å²) in [5, 5.41) is 4.38. The molecule has 0 unspecified atom stereocenters. The molecule has 2 aromatic rings. The number of rotatable bonds is 5. The van der Waals surface area contributed by atoms with Crippen molar-refractivity contribution >= 4 is 33.4 Å². The molecule has 1 aliphatic rings. The maximum Gasteiger partial charge on any atom is 0.409 e. The fourth-order valence-electron chi connectivity index (χ4n) is 3.45. The monoisotopic (exact) mass is 374 g/mol. The highest BCUT2D eigenvalue weighted by molar-refractivity contribution is 7.21. The molecule has 1 aliphatic heterocycles. The van der Waals surface area contributed by atoms with E-state index in [1.807, 2.05) is 19.1 Å². The summed E-state index contributed by atoms with van der Waals surface area (Å²) in [5.74, 6) is 0.0178. The number of carbonyl (C=O) groups is 2.